The smallest absolute Gasteiger partial charge is 0.356 e. The van der Waals surface area contributed by atoms with Crippen LogP contribution in [0, 0.1) is 10.8 Å². The molecule has 4 rings (SSSR count). The predicted molar refractivity (Wildman–Crippen MR) is 116 cm³/mol. The summed E-state index contributed by atoms with van der Waals surface area (Å²) in [5, 5.41) is 3.64. The number of hydrogen-bond acceptors (Lipinski definition) is 5. The van der Waals surface area contributed by atoms with Gasteiger partial charge in [-0.15, -0.1) is 0 Å². The fourth-order valence-electron chi connectivity index (χ4n) is 5.89. The van der Waals surface area contributed by atoms with Gasteiger partial charge in [-0.05, 0) is 42.2 Å². The van der Waals surface area contributed by atoms with Gasteiger partial charge < -0.3 is 19.8 Å². The molecule has 1 aromatic heterocycles. The van der Waals surface area contributed by atoms with E-state index in [2.05, 4.69) is 36.0 Å². The first-order valence-corrected chi connectivity index (χ1v) is 10.5. The van der Waals surface area contributed by atoms with Gasteiger partial charge in [-0.3, -0.25) is 9.69 Å². The number of methoxy groups -OCH3 is 2. The summed E-state index contributed by atoms with van der Waals surface area (Å²) < 4.78 is 10.4. The van der Waals surface area contributed by atoms with E-state index in [0.29, 0.717) is 40.3 Å². The molecule has 1 aliphatic heterocycles. The highest BCUT2D eigenvalue weighted by molar-refractivity contribution is 6.13. The third kappa shape index (κ3) is 3.67. The van der Waals surface area contributed by atoms with E-state index in [1.165, 1.54) is 13.5 Å². The number of carbonyl (C=O) groups excluding carboxylic acids is 2. The van der Waals surface area contributed by atoms with Crippen LogP contribution in [-0.2, 0) is 9.53 Å². The largest absolute Gasteiger partial charge is 0.496 e. The molecule has 0 spiro atoms. The highest BCUT2D eigenvalue weighted by atomic mass is 16.5. The maximum absolute atomic E-state index is 13.1. The summed E-state index contributed by atoms with van der Waals surface area (Å²) in [5.41, 5.74) is 1.89. The lowest BCUT2D eigenvalue weighted by molar-refractivity contribution is -0.117. The standard InChI is InChI=1S/C23H31N3O4/c1-22(2)9-14-10-23(3,12-22)13-26(14)11-17(27)25-19-18-15(7-6-8-16(18)29-4)24-20(19)21(28)30-5/h6-8,14,24H,9-13H2,1-5H3,(H,25,27)/t14-,23+/m0/s1. The number of nitrogens with one attached hydrogen (secondary N) is 2. The normalized spacial score (nSPS) is 25.3. The zero-order valence-electron chi connectivity index (χ0n) is 18.4. The minimum atomic E-state index is -0.533. The summed E-state index contributed by atoms with van der Waals surface area (Å²) in [4.78, 5) is 30.8. The topological polar surface area (TPSA) is 83.7 Å². The van der Waals surface area contributed by atoms with E-state index in [1.807, 2.05) is 12.1 Å². The Hall–Kier alpha value is -2.54. The van der Waals surface area contributed by atoms with Crippen LogP contribution >= 0.6 is 0 Å². The minimum absolute atomic E-state index is 0.138. The number of ether oxygens (including phenoxy) is 2. The number of benzene rings is 1. The Morgan fingerprint density at radius 3 is 2.70 bits per heavy atom. The number of likely N-dealkylation sites (tertiary alicyclic amines) is 1. The van der Waals surface area contributed by atoms with Crippen LogP contribution in [0.3, 0.4) is 0 Å². The number of nitrogens with zero attached hydrogens (tertiary/aromatic N) is 1. The van der Waals surface area contributed by atoms with E-state index in [0.717, 1.165) is 19.4 Å². The monoisotopic (exact) mass is 413 g/mol. The third-order valence-corrected chi connectivity index (χ3v) is 6.53. The van der Waals surface area contributed by atoms with Crippen LogP contribution in [0.25, 0.3) is 10.9 Å². The van der Waals surface area contributed by atoms with Crippen molar-refractivity contribution >= 4 is 28.5 Å². The van der Waals surface area contributed by atoms with Crippen molar-refractivity contribution < 1.29 is 19.1 Å². The summed E-state index contributed by atoms with van der Waals surface area (Å²) in [5.74, 6) is -0.0868. The van der Waals surface area contributed by atoms with Gasteiger partial charge in [0.25, 0.3) is 0 Å². The third-order valence-electron chi connectivity index (χ3n) is 6.53. The van der Waals surface area contributed by atoms with Crippen LogP contribution in [-0.4, -0.2) is 55.1 Å². The Morgan fingerprint density at radius 2 is 2.00 bits per heavy atom. The molecular weight excluding hydrogens is 382 g/mol. The van der Waals surface area contributed by atoms with Crippen LogP contribution in [0.4, 0.5) is 5.69 Å². The van der Waals surface area contributed by atoms with Crippen molar-refractivity contribution in [3.8, 4) is 5.75 Å². The molecule has 2 atom stereocenters. The lowest BCUT2D eigenvalue weighted by atomic mass is 9.65. The molecule has 1 saturated heterocycles. The van der Waals surface area contributed by atoms with Crippen molar-refractivity contribution in [1.82, 2.24) is 9.88 Å². The average Bonchev–Trinajstić information content (AvgIpc) is 3.14. The van der Waals surface area contributed by atoms with Gasteiger partial charge in [-0.25, -0.2) is 4.79 Å². The number of fused-ring (bicyclic) bond motifs is 3. The Bertz CT molecular complexity index is 996. The number of rotatable bonds is 5. The quantitative estimate of drug-likeness (QED) is 0.729. The summed E-state index contributed by atoms with van der Waals surface area (Å²) in [6.45, 7) is 8.21. The second-order valence-electron chi connectivity index (χ2n) is 9.92. The highest BCUT2D eigenvalue weighted by Gasteiger charge is 2.49. The molecule has 7 nitrogen and oxygen atoms in total. The lowest BCUT2D eigenvalue weighted by Crippen LogP contribution is -2.38. The molecule has 162 valence electrons. The van der Waals surface area contributed by atoms with Gasteiger partial charge in [0.2, 0.25) is 5.91 Å². The van der Waals surface area contributed by atoms with Crippen molar-refractivity contribution in [3.63, 3.8) is 0 Å². The van der Waals surface area contributed by atoms with Crippen LogP contribution in [0.2, 0.25) is 0 Å². The number of H-pyrrole nitrogens is 1. The van der Waals surface area contributed by atoms with Crippen LogP contribution in [0.15, 0.2) is 18.2 Å². The molecule has 0 unspecified atom stereocenters. The number of hydrogen-bond donors (Lipinski definition) is 2. The second-order valence-corrected chi connectivity index (χ2v) is 9.92. The SMILES string of the molecule is COC(=O)c1[nH]c2cccc(OC)c2c1NC(=O)CN1C[C@]2(C)C[C@@H]1CC(C)(C)C2. The molecule has 1 saturated carbocycles. The molecule has 2 N–H and O–H groups in total. The van der Waals surface area contributed by atoms with Gasteiger partial charge in [0.05, 0.1) is 37.4 Å². The van der Waals surface area contributed by atoms with Gasteiger partial charge >= 0.3 is 5.97 Å². The van der Waals surface area contributed by atoms with Gasteiger partial charge in [-0.1, -0.05) is 26.8 Å². The molecule has 7 heteroatoms. The average molecular weight is 414 g/mol. The number of aromatic nitrogens is 1. The van der Waals surface area contributed by atoms with Crippen LogP contribution in [0.5, 0.6) is 5.75 Å². The first-order chi connectivity index (χ1) is 14.1. The summed E-state index contributed by atoms with van der Waals surface area (Å²) >= 11 is 0. The number of esters is 1. The Morgan fingerprint density at radius 1 is 1.23 bits per heavy atom. The molecule has 30 heavy (non-hydrogen) atoms. The first kappa shape index (κ1) is 20.7. The fourth-order valence-corrected chi connectivity index (χ4v) is 5.89. The number of anilines is 1. The second kappa shape index (κ2) is 7.30. The number of carbonyl (C=O) groups is 2. The van der Waals surface area contributed by atoms with E-state index < -0.39 is 5.97 Å². The molecule has 2 aliphatic rings. The van der Waals surface area contributed by atoms with E-state index in [4.69, 9.17) is 9.47 Å². The summed E-state index contributed by atoms with van der Waals surface area (Å²) in [6, 6.07) is 5.89. The van der Waals surface area contributed by atoms with E-state index in [-0.39, 0.29) is 17.0 Å². The lowest BCUT2D eigenvalue weighted by Gasteiger charge is -2.39. The van der Waals surface area contributed by atoms with Gasteiger partial charge in [-0.2, -0.15) is 0 Å². The zero-order valence-corrected chi connectivity index (χ0v) is 18.4. The van der Waals surface area contributed by atoms with Gasteiger partial charge in [0.15, 0.2) is 0 Å². The minimum Gasteiger partial charge on any atom is -0.496 e. The molecule has 1 amide bonds. The molecule has 0 radical (unpaired) electrons. The maximum atomic E-state index is 13.1. The van der Waals surface area contributed by atoms with Crippen molar-refractivity contribution in [1.29, 1.82) is 0 Å². The fraction of sp³-hybridized carbons (Fsp3) is 0.565. The zero-order chi connectivity index (χ0) is 21.7. The van der Waals surface area contributed by atoms with Crippen molar-refractivity contribution in [2.45, 2.75) is 46.1 Å². The van der Waals surface area contributed by atoms with Crippen molar-refractivity contribution in [2.75, 3.05) is 32.6 Å². The van der Waals surface area contributed by atoms with Gasteiger partial charge in [0, 0.05) is 12.6 Å². The molecule has 2 fully saturated rings. The molecule has 2 bridgehead atoms. The molecule has 1 aromatic carbocycles. The number of aromatic amines is 1. The highest BCUT2D eigenvalue weighted by Crippen LogP contribution is 2.52. The van der Waals surface area contributed by atoms with E-state index in [1.54, 1.807) is 13.2 Å². The molecule has 1 aliphatic carbocycles. The van der Waals surface area contributed by atoms with E-state index >= 15 is 0 Å². The van der Waals surface area contributed by atoms with Crippen LogP contribution < -0.4 is 10.1 Å². The Balaban J connectivity index is 1.60. The first-order valence-electron chi connectivity index (χ1n) is 10.5. The summed E-state index contributed by atoms with van der Waals surface area (Å²) in [6.07, 6.45) is 3.42. The van der Waals surface area contributed by atoms with Crippen LogP contribution in [0.1, 0.15) is 50.5 Å². The Kier molecular flexibility index (Phi) is 5.04. The predicted octanol–water partition coefficient (Wildman–Crippen LogP) is 3.80. The van der Waals surface area contributed by atoms with Crippen molar-refractivity contribution in [3.05, 3.63) is 23.9 Å². The molecule has 2 aromatic rings. The van der Waals surface area contributed by atoms with Crippen molar-refractivity contribution in [2.24, 2.45) is 10.8 Å². The van der Waals surface area contributed by atoms with Gasteiger partial charge in [0.1, 0.15) is 11.4 Å². The maximum Gasteiger partial charge on any atom is 0.356 e. The van der Waals surface area contributed by atoms with E-state index in [9.17, 15) is 9.59 Å². The summed E-state index contributed by atoms with van der Waals surface area (Å²) in [7, 11) is 2.89. The Labute approximate surface area is 177 Å². The molecule has 2 heterocycles. The number of amides is 1. The molecular formula is C23H31N3O4.